The third kappa shape index (κ3) is 4.50. The van der Waals surface area contributed by atoms with Gasteiger partial charge >= 0.3 is 0 Å². The fraction of sp³-hybridized carbons (Fsp3) is 0.409. The van der Waals surface area contributed by atoms with Crippen LogP contribution in [0.4, 0.5) is 17.1 Å². The Morgan fingerprint density at radius 1 is 0.862 bits per heavy atom. The number of rotatable bonds is 4. The van der Waals surface area contributed by atoms with Gasteiger partial charge in [-0.25, -0.2) is 0 Å². The van der Waals surface area contributed by atoms with E-state index >= 15 is 0 Å². The second kappa shape index (κ2) is 8.51. The van der Waals surface area contributed by atoms with E-state index in [0.717, 1.165) is 24.5 Å². The van der Waals surface area contributed by atoms with Gasteiger partial charge in [0.15, 0.2) is 0 Å². The predicted molar refractivity (Wildman–Crippen MR) is 114 cm³/mol. The van der Waals surface area contributed by atoms with Crippen LogP contribution in [-0.4, -0.2) is 65.9 Å². The van der Waals surface area contributed by atoms with Crippen molar-refractivity contribution in [1.29, 1.82) is 0 Å². The summed E-state index contributed by atoms with van der Waals surface area (Å²) in [6.07, 6.45) is 5.84. The number of nitrogens with one attached hydrogen (secondary N) is 1. The van der Waals surface area contributed by atoms with Crippen LogP contribution in [0.15, 0.2) is 42.7 Å². The molecule has 0 spiro atoms. The first-order valence-electron chi connectivity index (χ1n) is 10.2. The van der Waals surface area contributed by atoms with Gasteiger partial charge in [-0.3, -0.25) is 14.6 Å². The summed E-state index contributed by atoms with van der Waals surface area (Å²) in [6.45, 7) is 6.07. The van der Waals surface area contributed by atoms with E-state index in [2.05, 4.69) is 39.5 Å². The molecule has 2 aliphatic heterocycles. The zero-order chi connectivity index (χ0) is 20.2. The minimum atomic E-state index is -0.0475. The number of benzene rings is 1. The molecule has 0 aliphatic carbocycles. The highest BCUT2D eigenvalue weighted by Gasteiger charge is 2.23. The summed E-state index contributed by atoms with van der Waals surface area (Å²) >= 11 is 0. The van der Waals surface area contributed by atoms with Gasteiger partial charge in [-0.2, -0.15) is 0 Å². The standard InChI is InChI=1S/C22H27N5O2/c1-17(28)25-10-12-27(13-11-25)22(29)18-14-20(16-23-15-18)24-19-4-6-21(7-5-19)26-8-2-3-9-26/h4-7,14-16,24H,2-3,8-13H2,1H3. The molecule has 2 aliphatic rings. The van der Waals surface area contributed by atoms with Gasteiger partial charge < -0.3 is 20.0 Å². The number of hydrogen-bond donors (Lipinski definition) is 1. The molecule has 0 bridgehead atoms. The Morgan fingerprint density at radius 3 is 2.17 bits per heavy atom. The van der Waals surface area contributed by atoms with E-state index in [1.54, 1.807) is 29.1 Å². The maximum Gasteiger partial charge on any atom is 0.255 e. The monoisotopic (exact) mass is 393 g/mol. The quantitative estimate of drug-likeness (QED) is 0.865. The third-order valence-corrected chi connectivity index (χ3v) is 5.62. The summed E-state index contributed by atoms with van der Waals surface area (Å²) in [5.74, 6) is 0.00875. The van der Waals surface area contributed by atoms with Crippen LogP contribution >= 0.6 is 0 Å². The van der Waals surface area contributed by atoms with Crippen LogP contribution in [-0.2, 0) is 4.79 Å². The van der Waals surface area contributed by atoms with Crippen molar-refractivity contribution in [3.05, 3.63) is 48.3 Å². The van der Waals surface area contributed by atoms with E-state index < -0.39 is 0 Å². The zero-order valence-corrected chi connectivity index (χ0v) is 16.8. The number of nitrogens with zero attached hydrogens (tertiary/aromatic N) is 4. The maximum absolute atomic E-state index is 12.8. The Bertz CT molecular complexity index is 869. The molecule has 0 unspecified atom stereocenters. The van der Waals surface area contributed by atoms with Crippen LogP contribution in [0.1, 0.15) is 30.1 Å². The van der Waals surface area contributed by atoms with Crippen molar-refractivity contribution in [1.82, 2.24) is 14.8 Å². The molecular formula is C22H27N5O2. The maximum atomic E-state index is 12.8. The van der Waals surface area contributed by atoms with E-state index in [4.69, 9.17) is 0 Å². The summed E-state index contributed by atoms with van der Waals surface area (Å²) < 4.78 is 0. The highest BCUT2D eigenvalue weighted by atomic mass is 16.2. The average Bonchev–Trinajstić information content (AvgIpc) is 3.29. The highest BCUT2D eigenvalue weighted by molar-refractivity contribution is 5.95. The van der Waals surface area contributed by atoms with Crippen molar-refractivity contribution in [3.8, 4) is 0 Å². The predicted octanol–water partition coefficient (Wildman–Crippen LogP) is 2.73. The molecular weight excluding hydrogens is 366 g/mol. The Hall–Kier alpha value is -3.09. The minimum Gasteiger partial charge on any atom is -0.372 e. The molecule has 2 saturated heterocycles. The van der Waals surface area contributed by atoms with Gasteiger partial charge in [0.05, 0.1) is 17.4 Å². The van der Waals surface area contributed by atoms with E-state index in [-0.39, 0.29) is 11.8 Å². The Kier molecular flexibility index (Phi) is 5.64. The van der Waals surface area contributed by atoms with E-state index in [1.807, 2.05) is 6.07 Å². The lowest BCUT2D eigenvalue weighted by Crippen LogP contribution is -2.50. The van der Waals surface area contributed by atoms with Gasteiger partial charge in [-0.1, -0.05) is 0 Å². The fourth-order valence-electron chi connectivity index (χ4n) is 3.93. The molecule has 2 aromatic rings. The number of pyridine rings is 1. The number of carbonyl (C=O) groups excluding carboxylic acids is 2. The first kappa shape index (κ1) is 19.2. The molecule has 1 N–H and O–H groups in total. The molecule has 2 amide bonds. The average molecular weight is 393 g/mol. The summed E-state index contributed by atoms with van der Waals surface area (Å²) in [5, 5.41) is 3.34. The smallest absolute Gasteiger partial charge is 0.255 e. The summed E-state index contributed by atoms with van der Waals surface area (Å²) in [6, 6.07) is 10.2. The van der Waals surface area contributed by atoms with Gasteiger partial charge in [0.1, 0.15) is 0 Å². The van der Waals surface area contributed by atoms with Crippen molar-refractivity contribution in [3.63, 3.8) is 0 Å². The summed E-state index contributed by atoms with van der Waals surface area (Å²) in [4.78, 5) is 34.5. The van der Waals surface area contributed by atoms with Crippen molar-refractivity contribution in [2.75, 3.05) is 49.5 Å². The van der Waals surface area contributed by atoms with Crippen molar-refractivity contribution >= 4 is 28.9 Å². The Labute approximate surface area is 171 Å². The molecule has 0 atom stereocenters. The molecule has 1 aromatic carbocycles. The second-order valence-corrected chi connectivity index (χ2v) is 7.63. The number of anilines is 3. The van der Waals surface area contributed by atoms with Crippen LogP contribution in [0.2, 0.25) is 0 Å². The van der Waals surface area contributed by atoms with Gasteiger partial charge in [0.2, 0.25) is 5.91 Å². The van der Waals surface area contributed by atoms with Crippen LogP contribution in [0.25, 0.3) is 0 Å². The molecule has 4 rings (SSSR count). The molecule has 7 nitrogen and oxygen atoms in total. The fourth-order valence-corrected chi connectivity index (χ4v) is 3.93. The molecule has 0 saturated carbocycles. The number of piperazine rings is 1. The lowest BCUT2D eigenvalue weighted by Gasteiger charge is -2.34. The second-order valence-electron chi connectivity index (χ2n) is 7.63. The topological polar surface area (TPSA) is 68.8 Å². The van der Waals surface area contributed by atoms with E-state index in [0.29, 0.717) is 31.7 Å². The molecule has 0 radical (unpaired) electrons. The number of amides is 2. The van der Waals surface area contributed by atoms with Crippen molar-refractivity contribution in [2.24, 2.45) is 0 Å². The van der Waals surface area contributed by atoms with E-state index in [9.17, 15) is 9.59 Å². The summed E-state index contributed by atoms with van der Waals surface area (Å²) in [7, 11) is 0. The zero-order valence-electron chi connectivity index (χ0n) is 16.8. The number of hydrogen-bond acceptors (Lipinski definition) is 5. The third-order valence-electron chi connectivity index (χ3n) is 5.62. The first-order chi connectivity index (χ1) is 14.1. The van der Waals surface area contributed by atoms with Crippen LogP contribution in [0, 0.1) is 0 Å². The molecule has 29 heavy (non-hydrogen) atoms. The van der Waals surface area contributed by atoms with Crippen molar-refractivity contribution < 1.29 is 9.59 Å². The largest absolute Gasteiger partial charge is 0.372 e. The van der Waals surface area contributed by atoms with Gasteiger partial charge in [0, 0.05) is 63.8 Å². The molecule has 2 fully saturated rings. The lowest BCUT2D eigenvalue weighted by atomic mass is 10.2. The van der Waals surface area contributed by atoms with Crippen LogP contribution < -0.4 is 10.2 Å². The summed E-state index contributed by atoms with van der Waals surface area (Å²) in [5.41, 5.74) is 3.56. The molecule has 3 heterocycles. The normalized spacial score (nSPS) is 16.8. The number of carbonyl (C=O) groups is 2. The minimum absolute atomic E-state index is 0.0475. The lowest BCUT2D eigenvalue weighted by molar-refractivity contribution is -0.130. The Balaban J connectivity index is 1.39. The highest BCUT2D eigenvalue weighted by Crippen LogP contribution is 2.24. The molecule has 1 aromatic heterocycles. The van der Waals surface area contributed by atoms with Gasteiger partial charge in [0.25, 0.3) is 5.91 Å². The SMILES string of the molecule is CC(=O)N1CCN(C(=O)c2cncc(Nc3ccc(N4CCCC4)cc3)c2)CC1. The van der Waals surface area contributed by atoms with Crippen LogP contribution in [0.3, 0.4) is 0 Å². The van der Waals surface area contributed by atoms with Gasteiger partial charge in [-0.05, 0) is 43.2 Å². The van der Waals surface area contributed by atoms with E-state index in [1.165, 1.54) is 18.5 Å². The molecule has 152 valence electrons. The molecule has 7 heteroatoms. The van der Waals surface area contributed by atoms with Gasteiger partial charge in [-0.15, -0.1) is 0 Å². The Morgan fingerprint density at radius 2 is 1.52 bits per heavy atom. The number of aromatic nitrogens is 1. The van der Waals surface area contributed by atoms with Crippen molar-refractivity contribution in [2.45, 2.75) is 19.8 Å². The first-order valence-corrected chi connectivity index (χ1v) is 10.2. The van der Waals surface area contributed by atoms with Crippen LogP contribution in [0.5, 0.6) is 0 Å².